The summed E-state index contributed by atoms with van der Waals surface area (Å²) >= 11 is 0. The van der Waals surface area contributed by atoms with E-state index in [1.54, 1.807) is 6.92 Å². The van der Waals surface area contributed by atoms with E-state index in [4.69, 9.17) is 5.26 Å². The van der Waals surface area contributed by atoms with E-state index in [9.17, 15) is 9.90 Å². The maximum Gasteiger partial charge on any atom is 0.253 e. The van der Waals surface area contributed by atoms with Crippen molar-refractivity contribution in [3.8, 4) is 11.9 Å². The molecule has 0 bridgehead atoms. The van der Waals surface area contributed by atoms with Crippen LogP contribution in [0.15, 0.2) is 10.9 Å². The van der Waals surface area contributed by atoms with Gasteiger partial charge in [-0.25, -0.2) is 0 Å². The standard InChI is InChI=1S/C11H14N2O2/c1-4-8(3)13-10(14)5-7(2)9(6-12)11(13)15/h5,8,15H,4H2,1-3H3/t8-/m0/s1. The van der Waals surface area contributed by atoms with Gasteiger partial charge in [0.15, 0.2) is 0 Å². The number of hydrogen-bond acceptors (Lipinski definition) is 3. The third-order valence-electron chi connectivity index (χ3n) is 2.57. The van der Waals surface area contributed by atoms with Crippen molar-refractivity contribution in [2.45, 2.75) is 33.2 Å². The summed E-state index contributed by atoms with van der Waals surface area (Å²) in [4.78, 5) is 11.6. The molecule has 0 aliphatic rings. The Kier molecular flexibility index (Phi) is 3.15. The highest BCUT2D eigenvalue weighted by Crippen LogP contribution is 2.22. The molecule has 1 aromatic rings. The van der Waals surface area contributed by atoms with Crippen LogP contribution >= 0.6 is 0 Å². The molecule has 0 spiro atoms. The van der Waals surface area contributed by atoms with E-state index in [0.29, 0.717) is 5.56 Å². The molecule has 0 aromatic carbocycles. The molecule has 1 aromatic heterocycles. The molecule has 0 aliphatic heterocycles. The zero-order valence-corrected chi connectivity index (χ0v) is 9.11. The van der Waals surface area contributed by atoms with Gasteiger partial charge in [0.2, 0.25) is 5.88 Å². The lowest BCUT2D eigenvalue weighted by Crippen LogP contribution is -2.23. The van der Waals surface area contributed by atoms with E-state index in [0.717, 1.165) is 6.42 Å². The molecule has 4 heteroatoms. The van der Waals surface area contributed by atoms with Crippen LogP contribution < -0.4 is 5.56 Å². The Hall–Kier alpha value is -1.76. The van der Waals surface area contributed by atoms with E-state index in [1.165, 1.54) is 10.6 Å². The first-order valence-electron chi connectivity index (χ1n) is 4.88. The lowest BCUT2D eigenvalue weighted by Gasteiger charge is -2.16. The summed E-state index contributed by atoms with van der Waals surface area (Å²) in [5, 5.41) is 18.6. The lowest BCUT2D eigenvalue weighted by molar-refractivity contribution is 0.372. The van der Waals surface area contributed by atoms with Crippen LogP contribution in [0.3, 0.4) is 0 Å². The lowest BCUT2D eigenvalue weighted by atomic mass is 10.1. The van der Waals surface area contributed by atoms with Crippen LogP contribution in [0.2, 0.25) is 0 Å². The van der Waals surface area contributed by atoms with Crippen LogP contribution in [0.5, 0.6) is 5.88 Å². The third-order valence-corrected chi connectivity index (χ3v) is 2.57. The highest BCUT2D eigenvalue weighted by atomic mass is 16.3. The number of nitrogens with zero attached hydrogens (tertiary/aromatic N) is 2. The number of aryl methyl sites for hydroxylation is 1. The number of aromatic hydroxyl groups is 1. The first-order chi connectivity index (χ1) is 7.02. The normalized spacial score (nSPS) is 12.1. The maximum atomic E-state index is 11.6. The molecular formula is C11H14N2O2. The van der Waals surface area contributed by atoms with Crippen LogP contribution in [0.1, 0.15) is 37.4 Å². The van der Waals surface area contributed by atoms with Crippen molar-refractivity contribution < 1.29 is 5.11 Å². The molecule has 1 N–H and O–H groups in total. The quantitative estimate of drug-likeness (QED) is 0.800. The molecule has 15 heavy (non-hydrogen) atoms. The van der Waals surface area contributed by atoms with Crippen molar-refractivity contribution in [2.75, 3.05) is 0 Å². The molecule has 0 amide bonds. The van der Waals surface area contributed by atoms with Crippen LogP contribution in [-0.2, 0) is 0 Å². The first-order valence-corrected chi connectivity index (χ1v) is 4.88. The second-order valence-corrected chi connectivity index (χ2v) is 3.60. The Labute approximate surface area is 88.4 Å². The molecular weight excluding hydrogens is 192 g/mol. The summed E-state index contributed by atoms with van der Waals surface area (Å²) in [7, 11) is 0. The number of aromatic nitrogens is 1. The summed E-state index contributed by atoms with van der Waals surface area (Å²) < 4.78 is 1.26. The Morgan fingerprint density at radius 1 is 1.67 bits per heavy atom. The minimum absolute atomic E-state index is 0.106. The average Bonchev–Trinajstić information content (AvgIpc) is 2.17. The van der Waals surface area contributed by atoms with Gasteiger partial charge in [0.25, 0.3) is 5.56 Å². The summed E-state index contributed by atoms with van der Waals surface area (Å²) in [6.45, 7) is 5.39. The summed E-state index contributed by atoms with van der Waals surface area (Å²) in [6, 6.07) is 3.17. The van der Waals surface area contributed by atoms with Gasteiger partial charge in [0.1, 0.15) is 11.6 Å². The Bertz CT molecular complexity index is 469. The molecule has 0 unspecified atom stereocenters. The number of rotatable bonds is 2. The average molecular weight is 206 g/mol. The van der Waals surface area contributed by atoms with Gasteiger partial charge in [-0.2, -0.15) is 5.26 Å². The van der Waals surface area contributed by atoms with Gasteiger partial charge in [0.05, 0.1) is 0 Å². The zero-order valence-electron chi connectivity index (χ0n) is 9.11. The minimum Gasteiger partial charge on any atom is -0.493 e. The summed E-state index contributed by atoms with van der Waals surface area (Å²) in [5.74, 6) is -0.225. The van der Waals surface area contributed by atoms with E-state index < -0.39 is 0 Å². The molecule has 0 saturated heterocycles. The largest absolute Gasteiger partial charge is 0.493 e. The van der Waals surface area contributed by atoms with Gasteiger partial charge >= 0.3 is 0 Å². The van der Waals surface area contributed by atoms with Gasteiger partial charge in [0, 0.05) is 12.1 Å². The Morgan fingerprint density at radius 2 is 2.27 bits per heavy atom. The van der Waals surface area contributed by atoms with Crippen LogP contribution in [-0.4, -0.2) is 9.67 Å². The monoisotopic (exact) mass is 206 g/mol. The fraction of sp³-hybridized carbons (Fsp3) is 0.455. The van der Waals surface area contributed by atoms with Crippen LogP contribution in [0.4, 0.5) is 0 Å². The van der Waals surface area contributed by atoms with Crippen LogP contribution in [0, 0.1) is 18.3 Å². The Balaban J connectivity index is 3.55. The fourth-order valence-electron chi connectivity index (χ4n) is 1.47. The van der Waals surface area contributed by atoms with Crippen molar-refractivity contribution in [3.05, 3.63) is 27.5 Å². The van der Waals surface area contributed by atoms with Gasteiger partial charge in [-0.3, -0.25) is 9.36 Å². The minimum atomic E-state index is -0.265. The van der Waals surface area contributed by atoms with E-state index in [1.807, 2.05) is 19.9 Å². The van der Waals surface area contributed by atoms with Crippen molar-refractivity contribution in [3.63, 3.8) is 0 Å². The SMILES string of the molecule is CC[C@H](C)n1c(O)c(C#N)c(C)cc1=O. The molecule has 1 rings (SSSR count). The van der Waals surface area contributed by atoms with Gasteiger partial charge < -0.3 is 5.11 Å². The van der Waals surface area contributed by atoms with Gasteiger partial charge in [-0.15, -0.1) is 0 Å². The molecule has 0 aliphatic carbocycles. The van der Waals surface area contributed by atoms with Crippen molar-refractivity contribution in [2.24, 2.45) is 0 Å². The first kappa shape index (κ1) is 11.3. The maximum absolute atomic E-state index is 11.6. The fourth-order valence-corrected chi connectivity index (χ4v) is 1.47. The van der Waals surface area contributed by atoms with Gasteiger partial charge in [-0.05, 0) is 25.8 Å². The molecule has 80 valence electrons. The highest BCUT2D eigenvalue weighted by molar-refractivity contribution is 5.43. The third kappa shape index (κ3) is 1.86. The molecule has 0 saturated carbocycles. The smallest absolute Gasteiger partial charge is 0.253 e. The predicted octanol–water partition coefficient (Wildman–Crippen LogP) is 1.70. The predicted molar refractivity (Wildman–Crippen MR) is 56.8 cm³/mol. The topological polar surface area (TPSA) is 66.0 Å². The van der Waals surface area contributed by atoms with Crippen molar-refractivity contribution in [1.29, 1.82) is 5.26 Å². The van der Waals surface area contributed by atoms with E-state index in [-0.39, 0.29) is 23.0 Å². The molecule has 1 heterocycles. The van der Waals surface area contributed by atoms with Gasteiger partial charge in [-0.1, -0.05) is 6.92 Å². The summed E-state index contributed by atoms with van der Waals surface area (Å²) in [5.41, 5.74) is 0.424. The van der Waals surface area contributed by atoms with E-state index >= 15 is 0 Å². The molecule has 0 radical (unpaired) electrons. The molecule has 1 atom stereocenters. The Morgan fingerprint density at radius 3 is 2.73 bits per heavy atom. The van der Waals surface area contributed by atoms with E-state index in [2.05, 4.69) is 0 Å². The second kappa shape index (κ2) is 4.18. The number of pyridine rings is 1. The van der Waals surface area contributed by atoms with Crippen molar-refractivity contribution >= 4 is 0 Å². The second-order valence-electron chi connectivity index (χ2n) is 3.60. The number of hydrogen-bond donors (Lipinski definition) is 1. The molecule has 4 nitrogen and oxygen atoms in total. The number of nitriles is 1. The van der Waals surface area contributed by atoms with Crippen LogP contribution in [0.25, 0.3) is 0 Å². The summed E-state index contributed by atoms with van der Waals surface area (Å²) in [6.07, 6.45) is 0.724. The molecule has 0 fully saturated rings. The van der Waals surface area contributed by atoms with Crippen molar-refractivity contribution in [1.82, 2.24) is 4.57 Å². The zero-order chi connectivity index (χ0) is 11.6. The highest BCUT2D eigenvalue weighted by Gasteiger charge is 2.15.